The largest absolute Gasteiger partial charge is 0.484 e. The Hall–Kier alpha value is -2.04. The van der Waals surface area contributed by atoms with E-state index in [1.54, 1.807) is 24.3 Å². The number of amides is 2. The Balaban J connectivity index is 1.91. The molecule has 1 aromatic rings. The first-order chi connectivity index (χ1) is 9.56. The zero-order valence-corrected chi connectivity index (χ0v) is 11.6. The third kappa shape index (κ3) is 3.73. The Kier molecular flexibility index (Phi) is 4.61. The molecule has 5 heteroatoms. The molecule has 1 aliphatic carbocycles. The molecule has 1 aliphatic rings. The average molecular weight is 276 g/mol. The molecule has 108 valence electrons. The van der Waals surface area contributed by atoms with Gasteiger partial charge in [-0.3, -0.25) is 9.59 Å². The van der Waals surface area contributed by atoms with Gasteiger partial charge in [0.05, 0.1) is 0 Å². The molecule has 1 fully saturated rings. The van der Waals surface area contributed by atoms with E-state index in [1.165, 1.54) is 12.8 Å². The number of rotatable bonds is 5. The van der Waals surface area contributed by atoms with Crippen molar-refractivity contribution in [2.45, 2.75) is 32.2 Å². The van der Waals surface area contributed by atoms with E-state index in [9.17, 15) is 9.59 Å². The Labute approximate surface area is 118 Å². The van der Waals surface area contributed by atoms with Gasteiger partial charge in [-0.15, -0.1) is 0 Å². The van der Waals surface area contributed by atoms with Gasteiger partial charge in [0.2, 0.25) is 0 Å². The van der Waals surface area contributed by atoms with E-state index < -0.39 is 5.91 Å². The summed E-state index contributed by atoms with van der Waals surface area (Å²) in [4.78, 5) is 22.7. The lowest BCUT2D eigenvalue weighted by atomic mass is 10.1. The molecule has 0 heterocycles. The normalized spacial score (nSPS) is 21.4. The van der Waals surface area contributed by atoms with Crippen LogP contribution in [0.2, 0.25) is 0 Å². The van der Waals surface area contributed by atoms with Crippen LogP contribution in [-0.4, -0.2) is 24.5 Å². The SMILES string of the molecule is CC1CCCC1NC(=O)c1ccc(OCC(N)=O)cc1. The van der Waals surface area contributed by atoms with Gasteiger partial charge in [0.1, 0.15) is 5.75 Å². The van der Waals surface area contributed by atoms with Crippen LogP contribution in [0.4, 0.5) is 0 Å². The molecule has 2 amide bonds. The molecule has 2 rings (SSSR count). The van der Waals surface area contributed by atoms with Gasteiger partial charge in [0.25, 0.3) is 11.8 Å². The maximum absolute atomic E-state index is 12.1. The monoisotopic (exact) mass is 276 g/mol. The Morgan fingerprint density at radius 1 is 1.30 bits per heavy atom. The van der Waals surface area contributed by atoms with Crippen LogP contribution >= 0.6 is 0 Å². The predicted octanol–water partition coefficient (Wildman–Crippen LogP) is 1.47. The summed E-state index contributed by atoms with van der Waals surface area (Å²) in [6.07, 6.45) is 3.39. The Bertz CT molecular complexity index is 484. The average Bonchev–Trinajstić information content (AvgIpc) is 2.82. The second-order valence-electron chi connectivity index (χ2n) is 5.27. The summed E-state index contributed by atoms with van der Waals surface area (Å²) in [5.74, 6) is 0.471. The summed E-state index contributed by atoms with van der Waals surface area (Å²) in [5.41, 5.74) is 5.59. The van der Waals surface area contributed by atoms with E-state index >= 15 is 0 Å². The van der Waals surface area contributed by atoms with Crippen molar-refractivity contribution in [1.82, 2.24) is 5.32 Å². The molecule has 3 N–H and O–H groups in total. The molecule has 0 spiro atoms. The standard InChI is InChI=1S/C15H20N2O3/c1-10-3-2-4-13(10)17-15(19)11-5-7-12(8-6-11)20-9-14(16)18/h5-8,10,13H,2-4,9H2,1H3,(H2,16,18)(H,17,19). The summed E-state index contributed by atoms with van der Waals surface area (Å²) in [6.45, 7) is 2.00. The number of primary amides is 1. The quantitative estimate of drug-likeness (QED) is 0.854. The third-order valence-corrected chi connectivity index (χ3v) is 3.68. The fourth-order valence-electron chi connectivity index (χ4n) is 2.47. The fourth-order valence-corrected chi connectivity index (χ4v) is 2.47. The minimum atomic E-state index is -0.526. The maximum atomic E-state index is 12.1. The van der Waals surface area contributed by atoms with E-state index in [-0.39, 0.29) is 18.6 Å². The van der Waals surface area contributed by atoms with Gasteiger partial charge in [-0.25, -0.2) is 0 Å². The van der Waals surface area contributed by atoms with Gasteiger partial charge in [-0.2, -0.15) is 0 Å². The topological polar surface area (TPSA) is 81.4 Å². The van der Waals surface area contributed by atoms with Gasteiger partial charge >= 0.3 is 0 Å². The number of nitrogens with two attached hydrogens (primary N) is 1. The highest BCUT2D eigenvalue weighted by Gasteiger charge is 2.24. The Morgan fingerprint density at radius 3 is 2.55 bits per heavy atom. The molecule has 0 saturated heterocycles. The van der Waals surface area contributed by atoms with Crippen molar-refractivity contribution >= 4 is 11.8 Å². The minimum Gasteiger partial charge on any atom is -0.484 e. The highest BCUT2D eigenvalue weighted by Crippen LogP contribution is 2.25. The van der Waals surface area contributed by atoms with Gasteiger partial charge in [0.15, 0.2) is 6.61 Å². The molecule has 20 heavy (non-hydrogen) atoms. The molecule has 1 aromatic carbocycles. The van der Waals surface area contributed by atoms with E-state index in [0.29, 0.717) is 17.2 Å². The number of hydrogen-bond donors (Lipinski definition) is 2. The zero-order valence-electron chi connectivity index (χ0n) is 11.6. The number of carbonyl (C=O) groups excluding carboxylic acids is 2. The number of hydrogen-bond acceptors (Lipinski definition) is 3. The number of benzene rings is 1. The highest BCUT2D eigenvalue weighted by molar-refractivity contribution is 5.94. The molecule has 2 atom stereocenters. The summed E-state index contributed by atoms with van der Waals surface area (Å²) < 4.78 is 5.15. The van der Waals surface area contributed by atoms with Crippen LogP contribution in [0.25, 0.3) is 0 Å². The van der Waals surface area contributed by atoms with Crippen LogP contribution in [0.3, 0.4) is 0 Å². The molecule has 0 aliphatic heterocycles. The van der Waals surface area contributed by atoms with Crippen molar-refractivity contribution in [2.75, 3.05) is 6.61 Å². The van der Waals surface area contributed by atoms with Crippen LogP contribution in [0.15, 0.2) is 24.3 Å². The van der Waals surface area contributed by atoms with Crippen LogP contribution in [0, 0.1) is 5.92 Å². The molecular weight excluding hydrogens is 256 g/mol. The summed E-state index contributed by atoms with van der Waals surface area (Å²) in [6, 6.07) is 6.97. The lowest BCUT2D eigenvalue weighted by Crippen LogP contribution is -2.36. The summed E-state index contributed by atoms with van der Waals surface area (Å²) in [5, 5.41) is 3.06. The van der Waals surface area contributed by atoms with Gasteiger partial charge in [-0.1, -0.05) is 13.3 Å². The molecule has 1 saturated carbocycles. The number of carbonyl (C=O) groups is 2. The molecule has 2 unspecified atom stereocenters. The molecule has 0 aromatic heterocycles. The fraction of sp³-hybridized carbons (Fsp3) is 0.467. The zero-order chi connectivity index (χ0) is 14.5. The smallest absolute Gasteiger partial charge is 0.255 e. The van der Waals surface area contributed by atoms with Gasteiger partial charge in [-0.05, 0) is 43.0 Å². The predicted molar refractivity (Wildman–Crippen MR) is 75.4 cm³/mol. The number of ether oxygens (including phenoxy) is 1. The van der Waals surface area contributed by atoms with Crippen molar-refractivity contribution in [2.24, 2.45) is 11.7 Å². The lowest BCUT2D eigenvalue weighted by molar-refractivity contribution is -0.119. The summed E-state index contributed by atoms with van der Waals surface area (Å²) in [7, 11) is 0. The van der Waals surface area contributed by atoms with Crippen molar-refractivity contribution in [3.63, 3.8) is 0 Å². The van der Waals surface area contributed by atoms with Crippen LogP contribution in [0.5, 0.6) is 5.75 Å². The van der Waals surface area contributed by atoms with Gasteiger partial charge < -0.3 is 15.8 Å². The second kappa shape index (κ2) is 6.41. The van der Waals surface area contributed by atoms with E-state index in [2.05, 4.69) is 12.2 Å². The number of nitrogens with one attached hydrogen (secondary N) is 1. The first-order valence-electron chi connectivity index (χ1n) is 6.88. The van der Waals surface area contributed by atoms with Crippen molar-refractivity contribution in [3.8, 4) is 5.75 Å². The highest BCUT2D eigenvalue weighted by atomic mass is 16.5. The van der Waals surface area contributed by atoms with E-state index in [4.69, 9.17) is 10.5 Å². The molecule has 5 nitrogen and oxygen atoms in total. The molecular formula is C15H20N2O3. The van der Waals surface area contributed by atoms with Crippen LogP contribution < -0.4 is 15.8 Å². The first-order valence-corrected chi connectivity index (χ1v) is 6.88. The minimum absolute atomic E-state index is 0.0646. The lowest BCUT2D eigenvalue weighted by Gasteiger charge is -2.17. The maximum Gasteiger partial charge on any atom is 0.255 e. The third-order valence-electron chi connectivity index (χ3n) is 3.68. The van der Waals surface area contributed by atoms with E-state index in [0.717, 1.165) is 6.42 Å². The van der Waals surface area contributed by atoms with Crippen LogP contribution in [-0.2, 0) is 4.79 Å². The van der Waals surface area contributed by atoms with Crippen molar-refractivity contribution in [3.05, 3.63) is 29.8 Å². The molecule has 0 radical (unpaired) electrons. The van der Waals surface area contributed by atoms with Crippen molar-refractivity contribution in [1.29, 1.82) is 0 Å². The van der Waals surface area contributed by atoms with Gasteiger partial charge in [0, 0.05) is 11.6 Å². The van der Waals surface area contributed by atoms with Crippen molar-refractivity contribution < 1.29 is 14.3 Å². The summed E-state index contributed by atoms with van der Waals surface area (Å²) >= 11 is 0. The molecule has 0 bridgehead atoms. The van der Waals surface area contributed by atoms with Crippen LogP contribution in [0.1, 0.15) is 36.5 Å². The van der Waals surface area contributed by atoms with E-state index in [1.807, 2.05) is 0 Å². The first kappa shape index (κ1) is 14.4. The Morgan fingerprint density at radius 2 is 2.00 bits per heavy atom. The second-order valence-corrected chi connectivity index (χ2v) is 5.27.